The number of aliphatic hydroxyl groups is 1. The van der Waals surface area contributed by atoms with E-state index in [1.54, 1.807) is 48.3 Å². The number of halogens is 6. The predicted octanol–water partition coefficient (Wildman–Crippen LogP) is 8.74. The van der Waals surface area contributed by atoms with Crippen LogP contribution in [-0.4, -0.2) is 118 Å². The van der Waals surface area contributed by atoms with Gasteiger partial charge in [0.25, 0.3) is 5.91 Å². The molecule has 23 heteroatoms. The van der Waals surface area contributed by atoms with Gasteiger partial charge in [0, 0.05) is 79.6 Å². The molecule has 1 saturated heterocycles. The number of rotatable bonds is 15. The second-order valence-corrected chi connectivity index (χ2v) is 17.3. The number of aliphatic carboxylic acids is 2. The van der Waals surface area contributed by atoms with Gasteiger partial charge in [0.1, 0.15) is 11.9 Å². The number of phenolic OH excluding ortho intramolecular Hbond substituents is 1. The second-order valence-electron chi connectivity index (χ2n) is 17.3. The van der Waals surface area contributed by atoms with Crippen LogP contribution in [0, 0.1) is 0 Å². The molecular formula is C53H54F6N6O11. The van der Waals surface area contributed by atoms with Crippen molar-refractivity contribution in [3.63, 3.8) is 0 Å². The number of likely N-dealkylation sites (tertiary alicyclic amines) is 1. The maximum Gasteiger partial charge on any atom is 0.490 e. The van der Waals surface area contributed by atoms with E-state index in [-0.39, 0.29) is 47.3 Å². The molecule has 1 fully saturated rings. The lowest BCUT2D eigenvalue weighted by atomic mass is 10.0. The maximum absolute atomic E-state index is 13.4. The van der Waals surface area contributed by atoms with Gasteiger partial charge in [-0.25, -0.2) is 14.4 Å². The summed E-state index contributed by atoms with van der Waals surface area (Å²) in [4.78, 5) is 75.5. The Balaban J connectivity index is 0.000000671. The van der Waals surface area contributed by atoms with Crippen molar-refractivity contribution in [3.05, 3.63) is 154 Å². The van der Waals surface area contributed by atoms with Crippen molar-refractivity contribution in [2.24, 2.45) is 0 Å². The number of pyridine rings is 1. The Morgan fingerprint density at radius 1 is 0.789 bits per heavy atom. The SMILES string of the molecule is C[C@@H](Cc1cccc(NC(=O)c2cccc(N(C)C(=O)CCN3CCC(OC(=O)Nc4ccccc4-c4ccccc4)CC3)c2)c1)NC[C@H](O)c1ccc(O)c2[nH]c(=O)ccc12.O=C(O)C(F)(F)F.O=C(O)C(F)(F)F. The van der Waals surface area contributed by atoms with E-state index in [0.717, 1.165) is 16.7 Å². The highest BCUT2D eigenvalue weighted by Crippen LogP contribution is 2.30. The number of benzene rings is 5. The number of nitrogens with one attached hydrogen (secondary N) is 4. The fourth-order valence-corrected chi connectivity index (χ4v) is 7.80. The summed E-state index contributed by atoms with van der Waals surface area (Å²) in [6.45, 7) is 4.22. The summed E-state index contributed by atoms with van der Waals surface area (Å²) in [5.41, 5.74) is 5.77. The van der Waals surface area contributed by atoms with Crippen LogP contribution < -0.4 is 26.4 Å². The Labute approximate surface area is 430 Å². The van der Waals surface area contributed by atoms with Gasteiger partial charge in [0.05, 0.1) is 17.3 Å². The van der Waals surface area contributed by atoms with Gasteiger partial charge in [-0.2, -0.15) is 26.3 Å². The number of nitrogens with zero attached hydrogens (tertiary/aromatic N) is 2. The third kappa shape index (κ3) is 17.7. The van der Waals surface area contributed by atoms with Crippen LogP contribution in [0.25, 0.3) is 22.0 Å². The first-order chi connectivity index (χ1) is 35.9. The summed E-state index contributed by atoms with van der Waals surface area (Å²) in [5, 5.41) is 45.2. The van der Waals surface area contributed by atoms with Crippen LogP contribution in [-0.2, 0) is 25.5 Å². The van der Waals surface area contributed by atoms with Gasteiger partial charge in [-0.15, -0.1) is 0 Å². The molecule has 2 heterocycles. The Kier molecular flexibility index (Phi) is 20.7. The number of aromatic nitrogens is 1. The number of carboxylic acids is 2. The highest BCUT2D eigenvalue weighted by atomic mass is 19.4. The number of piperidine rings is 1. The van der Waals surface area contributed by atoms with Crippen molar-refractivity contribution in [1.29, 1.82) is 0 Å². The van der Waals surface area contributed by atoms with Gasteiger partial charge < -0.3 is 50.6 Å². The number of carbonyl (C=O) groups is 5. The van der Waals surface area contributed by atoms with Crippen molar-refractivity contribution < 1.29 is 75.5 Å². The Morgan fingerprint density at radius 2 is 1.42 bits per heavy atom. The average molecular weight is 1070 g/mol. The number of aliphatic hydroxyl groups excluding tert-OH is 1. The molecule has 6 aromatic rings. The Morgan fingerprint density at radius 3 is 2.08 bits per heavy atom. The number of anilines is 3. The largest absolute Gasteiger partial charge is 0.506 e. The standard InChI is InChI=1S/C49H52N6O7.2C2HF3O2/c1-32(50-31-44(57)40-18-20-43(56)47-41(40)19-21-45(58)53-47)28-33-10-8-14-36(29-33)51-48(60)35-13-9-15-37(30-35)54(2)46(59)24-27-55-25-22-38(23-26-55)62-49(61)52-42-17-7-6-16-39(42)34-11-4-3-5-12-34;2*3-2(4,5)1(6)7/h3-21,29-30,32,38,44,50,56-57H,22-28,31H2,1-2H3,(H,51,60)(H,52,61)(H,53,58);2*(H,6,7)/t32-,44-;;/m0../s1. The first-order valence-electron chi connectivity index (χ1n) is 23.4. The minimum atomic E-state index is -5.08. The van der Waals surface area contributed by atoms with Gasteiger partial charge in [0.2, 0.25) is 11.5 Å². The Bertz CT molecular complexity index is 3000. The second kappa shape index (κ2) is 26.8. The van der Waals surface area contributed by atoms with Crippen molar-refractivity contribution in [2.45, 2.75) is 63.2 Å². The average Bonchev–Trinajstić information content (AvgIpc) is 3.38. The van der Waals surface area contributed by atoms with E-state index < -0.39 is 36.5 Å². The minimum Gasteiger partial charge on any atom is -0.506 e. The van der Waals surface area contributed by atoms with Gasteiger partial charge >= 0.3 is 30.4 Å². The molecule has 17 nitrogen and oxygen atoms in total. The van der Waals surface area contributed by atoms with Crippen LogP contribution in [0.2, 0.25) is 0 Å². The molecular weight excluding hydrogens is 1010 g/mol. The molecule has 404 valence electrons. The van der Waals surface area contributed by atoms with E-state index in [4.69, 9.17) is 24.5 Å². The molecule has 3 amide bonds. The fourth-order valence-electron chi connectivity index (χ4n) is 7.80. The fraction of sp³-hybridized carbons (Fsp3) is 0.283. The van der Waals surface area contributed by atoms with Crippen molar-refractivity contribution in [1.82, 2.24) is 15.2 Å². The summed E-state index contributed by atoms with van der Waals surface area (Å²) in [6, 6.07) is 38.1. The predicted molar refractivity (Wildman–Crippen MR) is 270 cm³/mol. The van der Waals surface area contributed by atoms with Crippen LogP contribution in [0.4, 0.5) is 48.2 Å². The number of fused-ring (bicyclic) bond motifs is 1. The highest BCUT2D eigenvalue weighted by Gasteiger charge is 2.39. The van der Waals surface area contributed by atoms with Gasteiger partial charge in [0.15, 0.2) is 0 Å². The first-order valence-corrected chi connectivity index (χ1v) is 23.4. The number of aromatic hydroxyl groups is 1. The number of amides is 3. The monoisotopic (exact) mass is 1060 g/mol. The summed E-state index contributed by atoms with van der Waals surface area (Å²) in [5.74, 6) is -5.96. The molecule has 2 atom stereocenters. The number of hydrogen-bond donors (Lipinski definition) is 8. The molecule has 1 aromatic heterocycles. The molecule has 0 radical (unpaired) electrons. The molecule has 1 aliphatic rings. The summed E-state index contributed by atoms with van der Waals surface area (Å²) in [7, 11) is 1.71. The number of hydrogen-bond acceptors (Lipinski definition) is 11. The summed E-state index contributed by atoms with van der Waals surface area (Å²) in [6.07, 6.45) is -9.49. The lowest BCUT2D eigenvalue weighted by Crippen LogP contribution is -2.40. The summed E-state index contributed by atoms with van der Waals surface area (Å²) < 4.78 is 69.3. The molecule has 7 rings (SSSR count). The van der Waals surface area contributed by atoms with Crippen molar-refractivity contribution in [2.75, 3.05) is 48.8 Å². The lowest BCUT2D eigenvalue weighted by Gasteiger charge is -2.31. The van der Waals surface area contributed by atoms with E-state index in [1.807, 2.05) is 85.8 Å². The third-order valence-electron chi connectivity index (χ3n) is 11.7. The van der Waals surface area contributed by atoms with E-state index >= 15 is 0 Å². The molecule has 0 spiro atoms. The van der Waals surface area contributed by atoms with E-state index in [0.29, 0.717) is 78.9 Å². The summed E-state index contributed by atoms with van der Waals surface area (Å²) >= 11 is 0. The molecule has 76 heavy (non-hydrogen) atoms. The number of carboxylic acid groups (broad SMARTS) is 2. The topological polar surface area (TPSA) is 251 Å². The first kappa shape index (κ1) is 58.6. The molecule has 0 unspecified atom stereocenters. The van der Waals surface area contributed by atoms with Crippen molar-refractivity contribution in [3.8, 4) is 16.9 Å². The van der Waals surface area contributed by atoms with Crippen LogP contribution in [0.5, 0.6) is 5.75 Å². The molecule has 0 bridgehead atoms. The number of carbonyl (C=O) groups excluding carboxylic acids is 3. The number of aromatic amines is 1. The molecule has 0 aliphatic carbocycles. The van der Waals surface area contributed by atoms with Crippen LogP contribution in [0.3, 0.4) is 0 Å². The number of alkyl halides is 6. The molecule has 0 saturated carbocycles. The van der Waals surface area contributed by atoms with E-state index in [1.165, 1.54) is 12.1 Å². The van der Waals surface area contributed by atoms with Crippen LogP contribution in [0.15, 0.2) is 132 Å². The molecule has 8 N–H and O–H groups in total. The lowest BCUT2D eigenvalue weighted by molar-refractivity contribution is -0.193. The smallest absolute Gasteiger partial charge is 0.490 e. The number of H-pyrrole nitrogens is 1. The number of para-hydroxylation sites is 1. The highest BCUT2D eigenvalue weighted by molar-refractivity contribution is 6.05. The van der Waals surface area contributed by atoms with Crippen LogP contribution >= 0.6 is 0 Å². The third-order valence-corrected chi connectivity index (χ3v) is 11.7. The van der Waals surface area contributed by atoms with Gasteiger partial charge in [-0.05, 0) is 91.4 Å². The zero-order valence-electron chi connectivity index (χ0n) is 40.8. The van der Waals surface area contributed by atoms with Gasteiger partial charge in [-0.3, -0.25) is 19.7 Å². The zero-order valence-corrected chi connectivity index (χ0v) is 40.8. The quantitative estimate of drug-likeness (QED) is 0.0449. The minimum absolute atomic E-state index is 0.0302. The van der Waals surface area contributed by atoms with E-state index in [2.05, 4.69) is 25.8 Å². The van der Waals surface area contributed by atoms with Gasteiger partial charge in [-0.1, -0.05) is 72.8 Å². The number of phenols is 1. The Hall–Kier alpha value is -8.28. The zero-order chi connectivity index (χ0) is 55.7. The molecule has 5 aromatic carbocycles. The maximum atomic E-state index is 13.4. The normalized spacial score (nSPS) is 13.6. The number of ether oxygens (including phenoxy) is 1. The van der Waals surface area contributed by atoms with E-state index in [9.17, 15) is 55.7 Å². The van der Waals surface area contributed by atoms with Crippen LogP contribution in [0.1, 0.15) is 53.8 Å². The van der Waals surface area contributed by atoms with Crippen molar-refractivity contribution >= 4 is 57.8 Å². The molecule has 1 aliphatic heterocycles.